The van der Waals surface area contributed by atoms with Crippen molar-refractivity contribution in [3.8, 4) is 11.5 Å². The van der Waals surface area contributed by atoms with E-state index in [1.54, 1.807) is 18.2 Å². The van der Waals surface area contributed by atoms with Crippen molar-refractivity contribution in [1.29, 1.82) is 0 Å². The number of benzene rings is 1. The number of ether oxygens (including phenoxy) is 2. The molecule has 0 saturated heterocycles. The number of nitrogens with one attached hydrogen (secondary N) is 1. The number of anilines is 1. The van der Waals surface area contributed by atoms with Crippen LogP contribution in [0, 0.1) is 6.92 Å². The van der Waals surface area contributed by atoms with Gasteiger partial charge in [-0.2, -0.15) is 13.2 Å². The van der Waals surface area contributed by atoms with Gasteiger partial charge in [-0.1, -0.05) is 0 Å². The summed E-state index contributed by atoms with van der Waals surface area (Å²) in [5, 5.41) is 1.48. The molecule has 1 aliphatic heterocycles. The minimum atomic E-state index is -4.56. The van der Waals surface area contributed by atoms with E-state index in [0.29, 0.717) is 28.5 Å². The van der Waals surface area contributed by atoms with Crippen molar-refractivity contribution in [2.24, 2.45) is 0 Å². The van der Waals surface area contributed by atoms with Crippen LogP contribution < -0.4 is 14.8 Å². The van der Waals surface area contributed by atoms with Gasteiger partial charge in [-0.15, -0.1) is 11.3 Å². The van der Waals surface area contributed by atoms with Gasteiger partial charge in [0.1, 0.15) is 4.88 Å². The van der Waals surface area contributed by atoms with Crippen LogP contribution in [-0.4, -0.2) is 17.7 Å². The number of carbonyl (C=O) groups excluding carboxylic acids is 1. The minimum absolute atomic E-state index is 0.0376. The molecule has 2 aromatic rings. The molecule has 0 spiro atoms. The maximum Gasteiger partial charge on any atom is 0.443 e. The van der Waals surface area contributed by atoms with Gasteiger partial charge in [0, 0.05) is 11.8 Å². The lowest BCUT2D eigenvalue weighted by molar-refractivity contribution is -0.137. The average molecular weight is 330 g/mol. The number of thiazole rings is 1. The summed E-state index contributed by atoms with van der Waals surface area (Å²) in [6.45, 7) is 1.45. The Morgan fingerprint density at radius 3 is 2.73 bits per heavy atom. The van der Waals surface area contributed by atoms with Crippen molar-refractivity contribution in [3.05, 3.63) is 33.8 Å². The van der Waals surface area contributed by atoms with E-state index in [2.05, 4.69) is 10.3 Å². The second-order valence-electron chi connectivity index (χ2n) is 4.45. The van der Waals surface area contributed by atoms with Gasteiger partial charge in [-0.25, -0.2) is 4.98 Å². The third-order valence-electron chi connectivity index (χ3n) is 2.88. The van der Waals surface area contributed by atoms with Crippen molar-refractivity contribution in [2.75, 3.05) is 12.1 Å². The summed E-state index contributed by atoms with van der Waals surface area (Å²) in [5.74, 6) is 0.366. The first kappa shape index (κ1) is 14.6. The Morgan fingerprint density at radius 1 is 1.32 bits per heavy atom. The first-order valence-corrected chi connectivity index (χ1v) is 6.92. The van der Waals surface area contributed by atoms with Crippen molar-refractivity contribution in [1.82, 2.24) is 4.98 Å². The van der Waals surface area contributed by atoms with Gasteiger partial charge in [0.2, 0.25) is 6.79 Å². The normalized spacial score (nSPS) is 13.3. The lowest BCUT2D eigenvalue weighted by atomic mass is 10.2. The number of alkyl halides is 3. The Hall–Kier alpha value is -2.29. The fourth-order valence-electron chi connectivity index (χ4n) is 1.89. The predicted octanol–water partition coefficient (Wildman–Crippen LogP) is 3.45. The quantitative estimate of drug-likeness (QED) is 0.916. The lowest BCUT2D eigenvalue weighted by Gasteiger charge is -2.05. The standard InChI is InChI=1S/C13H9F3N2O3S/c1-6-10(22-12(17-6)13(14,15)16)11(19)18-7-2-3-8-9(4-7)21-5-20-8/h2-4H,5H2,1H3,(H,18,19). The fourth-order valence-corrected chi connectivity index (χ4v) is 2.72. The molecular weight excluding hydrogens is 321 g/mol. The zero-order chi connectivity index (χ0) is 15.9. The Balaban J connectivity index is 1.81. The lowest BCUT2D eigenvalue weighted by Crippen LogP contribution is -2.11. The van der Waals surface area contributed by atoms with E-state index in [4.69, 9.17) is 9.47 Å². The van der Waals surface area contributed by atoms with Crippen molar-refractivity contribution < 1.29 is 27.4 Å². The smallest absolute Gasteiger partial charge is 0.443 e. The molecule has 1 amide bonds. The molecule has 5 nitrogen and oxygen atoms in total. The van der Waals surface area contributed by atoms with Crippen LogP contribution in [0.15, 0.2) is 18.2 Å². The Bertz CT molecular complexity index is 743. The number of aromatic nitrogens is 1. The van der Waals surface area contributed by atoms with E-state index >= 15 is 0 Å². The number of halogens is 3. The topological polar surface area (TPSA) is 60.5 Å². The molecule has 1 aliphatic rings. The highest BCUT2D eigenvalue weighted by Gasteiger charge is 2.36. The van der Waals surface area contributed by atoms with Gasteiger partial charge in [-0.3, -0.25) is 4.79 Å². The molecule has 2 heterocycles. The third kappa shape index (κ3) is 2.71. The molecule has 22 heavy (non-hydrogen) atoms. The first-order valence-electron chi connectivity index (χ1n) is 6.10. The Kier molecular flexibility index (Phi) is 3.44. The van der Waals surface area contributed by atoms with E-state index in [0.717, 1.165) is 0 Å². The van der Waals surface area contributed by atoms with E-state index in [-0.39, 0.29) is 17.4 Å². The molecule has 0 radical (unpaired) electrons. The summed E-state index contributed by atoms with van der Waals surface area (Å²) in [5.41, 5.74) is 0.436. The summed E-state index contributed by atoms with van der Waals surface area (Å²) in [6, 6.07) is 4.73. The van der Waals surface area contributed by atoms with Crippen molar-refractivity contribution in [2.45, 2.75) is 13.1 Å². The molecule has 0 atom stereocenters. The number of fused-ring (bicyclic) bond motifs is 1. The summed E-state index contributed by atoms with van der Waals surface area (Å²) in [4.78, 5) is 15.4. The molecule has 0 aliphatic carbocycles. The first-order chi connectivity index (χ1) is 10.3. The summed E-state index contributed by atoms with van der Waals surface area (Å²) < 4.78 is 48.1. The van der Waals surface area contributed by atoms with Gasteiger partial charge in [0.25, 0.3) is 5.91 Å². The number of aryl methyl sites for hydroxylation is 1. The van der Waals surface area contributed by atoms with Crippen LogP contribution in [0.2, 0.25) is 0 Å². The minimum Gasteiger partial charge on any atom is -0.454 e. The van der Waals surface area contributed by atoms with Gasteiger partial charge in [0.15, 0.2) is 16.5 Å². The van der Waals surface area contributed by atoms with E-state index in [9.17, 15) is 18.0 Å². The SMILES string of the molecule is Cc1nc(C(F)(F)F)sc1C(=O)Nc1ccc2c(c1)OCO2. The van der Waals surface area contributed by atoms with Crippen molar-refractivity contribution in [3.63, 3.8) is 0 Å². The second-order valence-corrected chi connectivity index (χ2v) is 5.45. The molecule has 1 aromatic carbocycles. The zero-order valence-electron chi connectivity index (χ0n) is 11.2. The van der Waals surface area contributed by atoms with E-state index in [1.807, 2.05) is 0 Å². The number of hydrogen-bond donors (Lipinski definition) is 1. The van der Waals surface area contributed by atoms with Crippen LogP contribution >= 0.6 is 11.3 Å². The molecule has 116 valence electrons. The Labute approximate surface area is 126 Å². The number of carbonyl (C=O) groups is 1. The van der Waals surface area contributed by atoms with Crippen LogP contribution in [0.3, 0.4) is 0 Å². The molecule has 1 aromatic heterocycles. The number of rotatable bonds is 2. The van der Waals surface area contributed by atoms with Crippen LogP contribution in [-0.2, 0) is 6.18 Å². The van der Waals surface area contributed by atoms with Crippen LogP contribution in [0.5, 0.6) is 11.5 Å². The molecule has 0 bridgehead atoms. The highest BCUT2D eigenvalue weighted by Crippen LogP contribution is 2.36. The van der Waals surface area contributed by atoms with Crippen LogP contribution in [0.25, 0.3) is 0 Å². The van der Waals surface area contributed by atoms with Gasteiger partial charge >= 0.3 is 6.18 Å². The van der Waals surface area contributed by atoms with E-state index in [1.165, 1.54) is 6.92 Å². The van der Waals surface area contributed by atoms with Crippen molar-refractivity contribution >= 4 is 22.9 Å². The summed E-state index contributed by atoms with van der Waals surface area (Å²) in [6.07, 6.45) is -4.56. The number of hydrogen-bond acceptors (Lipinski definition) is 5. The highest BCUT2D eigenvalue weighted by molar-refractivity contribution is 7.14. The fraction of sp³-hybridized carbons (Fsp3) is 0.231. The van der Waals surface area contributed by atoms with Gasteiger partial charge in [0.05, 0.1) is 5.69 Å². The van der Waals surface area contributed by atoms with Gasteiger partial charge in [-0.05, 0) is 19.1 Å². The molecule has 9 heteroatoms. The monoisotopic (exact) mass is 330 g/mol. The van der Waals surface area contributed by atoms with Gasteiger partial charge < -0.3 is 14.8 Å². The Morgan fingerprint density at radius 2 is 2.05 bits per heavy atom. The van der Waals surface area contributed by atoms with Crippen LogP contribution in [0.1, 0.15) is 20.4 Å². The maximum absolute atomic E-state index is 12.6. The molecule has 0 fully saturated rings. The molecular formula is C13H9F3N2O3S. The molecule has 0 saturated carbocycles. The molecule has 3 rings (SSSR count). The largest absolute Gasteiger partial charge is 0.454 e. The maximum atomic E-state index is 12.6. The number of amides is 1. The number of nitrogens with zero attached hydrogens (tertiary/aromatic N) is 1. The van der Waals surface area contributed by atoms with E-state index < -0.39 is 17.1 Å². The molecule has 0 unspecified atom stereocenters. The third-order valence-corrected chi connectivity index (χ3v) is 4.08. The second kappa shape index (κ2) is 5.16. The highest BCUT2D eigenvalue weighted by atomic mass is 32.1. The summed E-state index contributed by atoms with van der Waals surface area (Å²) in [7, 11) is 0. The molecule has 1 N–H and O–H groups in total. The zero-order valence-corrected chi connectivity index (χ0v) is 12.0. The summed E-state index contributed by atoms with van der Waals surface area (Å²) >= 11 is 0.315. The van der Waals surface area contributed by atoms with Crippen LogP contribution in [0.4, 0.5) is 18.9 Å². The predicted molar refractivity (Wildman–Crippen MR) is 72.4 cm³/mol. The average Bonchev–Trinajstić information content (AvgIpc) is 3.03.